The number of carbonyl (C=O) groups is 1. The zero-order valence-corrected chi connectivity index (χ0v) is 12.1. The molecule has 2 aromatic rings. The third-order valence-corrected chi connectivity index (χ3v) is 2.98. The molecule has 2 N–H and O–H groups in total. The lowest BCUT2D eigenvalue weighted by Crippen LogP contribution is -2.17. The highest BCUT2D eigenvalue weighted by Crippen LogP contribution is 2.19. The maximum absolute atomic E-state index is 11.6. The summed E-state index contributed by atoms with van der Waals surface area (Å²) in [4.78, 5) is 11.6. The molecule has 0 aliphatic carbocycles. The minimum absolute atomic E-state index is 0.00259. The van der Waals surface area contributed by atoms with Crippen LogP contribution in [-0.2, 0) is 4.79 Å². The highest BCUT2D eigenvalue weighted by molar-refractivity contribution is 5.92. The standard InChI is InChI=1S/C17H17N3O/c1-12(2)17(21)20-16-9-7-15(8-10-16)19-14-5-3-13(11-18)4-6-14/h3-10,12,19H,1-2H3,(H,20,21). The van der Waals surface area contributed by atoms with Gasteiger partial charge in [0.2, 0.25) is 5.91 Å². The molecular formula is C17H17N3O. The van der Waals surface area contributed by atoms with E-state index in [2.05, 4.69) is 16.7 Å². The van der Waals surface area contributed by atoms with Crippen LogP contribution in [0.4, 0.5) is 17.1 Å². The molecule has 0 bridgehead atoms. The number of carbonyl (C=O) groups excluding carboxylic acids is 1. The van der Waals surface area contributed by atoms with E-state index in [-0.39, 0.29) is 11.8 Å². The molecule has 2 aromatic carbocycles. The second-order valence-electron chi connectivity index (χ2n) is 5.04. The first-order chi connectivity index (χ1) is 10.1. The lowest BCUT2D eigenvalue weighted by Gasteiger charge is -2.10. The normalized spacial score (nSPS) is 10.0. The largest absolute Gasteiger partial charge is 0.356 e. The summed E-state index contributed by atoms with van der Waals surface area (Å²) in [5, 5.41) is 14.8. The van der Waals surface area contributed by atoms with Crippen molar-refractivity contribution in [1.82, 2.24) is 0 Å². The van der Waals surface area contributed by atoms with Crippen LogP contribution in [0.1, 0.15) is 19.4 Å². The molecule has 2 rings (SSSR count). The van der Waals surface area contributed by atoms with Gasteiger partial charge in [-0.25, -0.2) is 0 Å². The highest BCUT2D eigenvalue weighted by Gasteiger charge is 2.06. The average Bonchev–Trinajstić information content (AvgIpc) is 2.50. The Balaban J connectivity index is 2.02. The Kier molecular flexibility index (Phi) is 4.57. The van der Waals surface area contributed by atoms with Crippen molar-refractivity contribution in [2.75, 3.05) is 10.6 Å². The number of hydrogen-bond donors (Lipinski definition) is 2. The fraction of sp³-hybridized carbons (Fsp3) is 0.176. The number of hydrogen-bond acceptors (Lipinski definition) is 3. The number of benzene rings is 2. The molecule has 0 unspecified atom stereocenters. The number of nitrogens with zero attached hydrogens (tertiary/aromatic N) is 1. The van der Waals surface area contributed by atoms with Gasteiger partial charge >= 0.3 is 0 Å². The summed E-state index contributed by atoms with van der Waals surface area (Å²) >= 11 is 0. The maximum Gasteiger partial charge on any atom is 0.226 e. The van der Waals surface area contributed by atoms with Crippen LogP contribution in [0, 0.1) is 17.2 Å². The molecular weight excluding hydrogens is 262 g/mol. The van der Waals surface area contributed by atoms with Crippen LogP contribution in [0.25, 0.3) is 0 Å². The van der Waals surface area contributed by atoms with Crippen LogP contribution in [0.5, 0.6) is 0 Å². The van der Waals surface area contributed by atoms with Crippen molar-refractivity contribution in [3.05, 3.63) is 54.1 Å². The predicted octanol–water partition coefficient (Wildman–Crippen LogP) is 3.90. The monoisotopic (exact) mass is 279 g/mol. The average molecular weight is 279 g/mol. The first kappa shape index (κ1) is 14.6. The molecule has 0 fully saturated rings. The lowest BCUT2D eigenvalue weighted by atomic mass is 10.2. The van der Waals surface area contributed by atoms with E-state index in [0.717, 1.165) is 17.1 Å². The Bertz CT molecular complexity index is 652. The van der Waals surface area contributed by atoms with E-state index in [9.17, 15) is 4.79 Å². The Morgan fingerprint density at radius 3 is 1.90 bits per heavy atom. The summed E-state index contributed by atoms with van der Waals surface area (Å²) in [6.45, 7) is 3.71. The van der Waals surface area contributed by atoms with Gasteiger partial charge in [0.15, 0.2) is 0 Å². The molecule has 0 heterocycles. The van der Waals surface area contributed by atoms with Crippen molar-refractivity contribution in [3.8, 4) is 6.07 Å². The molecule has 0 radical (unpaired) electrons. The van der Waals surface area contributed by atoms with Gasteiger partial charge < -0.3 is 10.6 Å². The number of anilines is 3. The predicted molar refractivity (Wildman–Crippen MR) is 84.3 cm³/mol. The van der Waals surface area contributed by atoms with Crippen molar-refractivity contribution in [1.29, 1.82) is 5.26 Å². The smallest absolute Gasteiger partial charge is 0.226 e. The van der Waals surface area contributed by atoms with Gasteiger partial charge in [0.25, 0.3) is 0 Å². The van der Waals surface area contributed by atoms with Crippen LogP contribution in [0.3, 0.4) is 0 Å². The molecule has 106 valence electrons. The van der Waals surface area contributed by atoms with Crippen molar-refractivity contribution in [2.45, 2.75) is 13.8 Å². The maximum atomic E-state index is 11.6. The fourth-order valence-corrected chi connectivity index (χ4v) is 1.72. The van der Waals surface area contributed by atoms with Crippen molar-refractivity contribution in [2.24, 2.45) is 5.92 Å². The number of rotatable bonds is 4. The van der Waals surface area contributed by atoms with Gasteiger partial charge in [-0.05, 0) is 48.5 Å². The second kappa shape index (κ2) is 6.58. The van der Waals surface area contributed by atoms with E-state index >= 15 is 0 Å². The van der Waals surface area contributed by atoms with Crippen LogP contribution in [-0.4, -0.2) is 5.91 Å². The summed E-state index contributed by atoms with van der Waals surface area (Å²) < 4.78 is 0. The zero-order valence-electron chi connectivity index (χ0n) is 12.1. The molecule has 4 nitrogen and oxygen atoms in total. The van der Waals surface area contributed by atoms with Crippen LogP contribution < -0.4 is 10.6 Å². The zero-order chi connectivity index (χ0) is 15.2. The molecule has 0 spiro atoms. The minimum atomic E-state index is -0.0403. The molecule has 0 saturated carbocycles. The van der Waals surface area contributed by atoms with E-state index in [1.165, 1.54) is 0 Å². The van der Waals surface area contributed by atoms with E-state index < -0.39 is 0 Å². The van der Waals surface area contributed by atoms with Gasteiger partial charge in [-0.2, -0.15) is 5.26 Å². The Labute approximate surface area is 124 Å². The minimum Gasteiger partial charge on any atom is -0.356 e. The summed E-state index contributed by atoms with van der Waals surface area (Å²) in [6.07, 6.45) is 0. The Morgan fingerprint density at radius 2 is 1.43 bits per heavy atom. The van der Waals surface area contributed by atoms with E-state index in [1.54, 1.807) is 12.1 Å². The first-order valence-electron chi connectivity index (χ1n) is 6.76. The number of nitriles is 1. The topological polar surface area (TPSA) is 64.9 Å². The fourth-order valence-electron chi connectivity index (χ4n) is 1.72. The summed E-state index contributed by atoms with van der Waals surface area (Å²) in [6, 6.07) is 16.8. The number of nitrogens with one attached hydrogen (secondary N) is 2. The molecule has 0 aliphatic rings. The Morgan fingerprint density at radius 1 is 0.952 bits per heavy atom. The van der Waals surface area contributed by atoms with Gasteiger partial charge in [0, 0.05) is 23.0 Å². The van der Waals surface area contributed by atoms with Crippen molar-refractivity contribution >= 4 is 23.0 Å². The molecule has 21 heavy (non-hydrogen) atoms. The van der Waals surface area contributed by atoms with Gasteiger partial charge in [0.05, 0.1) is 11.6 Å². The van der Waals surface area contributed by atoms with Crippen LogP contribution >= 0.6 is 0 Å². The van der Waals surface area contributed by atoms with Gasteiger partial charge in [0.1, 0.15) is 0 Å². The first-order valence-corrected chi connectivity index (χ1v) is 6.76. The molecule has 0 saturated heterocycles. The summed E-state index contributed by atoms with van der Waals surface area (Å²) in [5.74, 6) is -0.0377. The van der Waals surface area contributed by atoms with Gasteiger partial charge in [-0.1, -0.05) is 13.8 Å². The molecule has 4 heteroatoms. The van der Waals surface area contributed by atoms with Crippen LogP contribution in [0.15, 0.2) is 48.5 Å². The third-order valence-electron chi connectivity index (χ3n) is 2.98. The van der Waals surface area contributed by atoms with E-state index in [0.29, 0.717) is 5.56 Å². The third kappa shape index (κ3) is 4.08. The van der Waals surface area contributed by atoms with Gasteiger partial charge in [-0.15, -0.1) is 0 Å². The lowest BCUT2D eigenvalue weighted by molar-refractivity contribution is -0.118. The quantitative estimate of drug-likeness (QED) is 0.892. The summed E-state index contributed by atoms with van der Waals surface area (Å²) in [5.41, 5.74) is 3.24. The van der Waals surface area contributed by atoms with Crippen molar-refractivity contribution < 1.29 is 4.79 Å². The second-order valence-corrected chi connectivity index (χ2v) is 5.04. The Hall–Kier alpha value is -2.80. The molecule has 0 atom stereocenters. The number of amides is 1. The molecule has 0 aliphatic heterocycles. The van der Waals surface area contributed by atoms with Gasteiger partial charge in [-0.3, -0.25) is 4.79 Å². The molecule has 1 amide bonds. The van der Waals surface area contributed by atoms with Crippen LogP contribution in [0.2, 0.25) is 0 Å². The van der Waals surface area contributed by atoms with E-state index in [4.69, 9.17) is 5.26 Å². The summed E-state index contributed by atoms with van der Waals surface area (Å²) in [7, 11) is 0. The highest BCUT2D eigenvalue weighted by atomic mass is 16.1. The molecule has 0 aromatic heterocycles. The SMILES string of the molecule is CC(C)C(=O)Nc1ccc(Nc2ccc(C#N)cc2)cc1. The van der Waals surface area contributed by atoms with Crippen molar-refractivity contribution in [3.63, 3.8) is 0 Å². The van der Waals surface area contributed by atoms with E-state index in [1.807, 2.05) is 50.2 Å².